The quantitative estimate of drug-likeness (QED) is 0.605. The highest BCUT2D eigenvalue weighted by molar-refractivity contribution is 5.76. The summed E-state index contributed by atoms with van der Waals surface area (Å²) in [6.07, 6.45) is 0.771. The maximum absolute atomic E-state index is 10.7. The lowest BCUT2D eigenvalue weighted by Gasteiger charge is -2.10. The first-order valence-electron chi connectivity index (χ1n) is 5.72. The van der Waals surface area contributed by atoms with Crippen molar-refractivity contribution < 1.29 is 14.3 Å². The molecule has 3 nitrogen and oxygen atoms in total. The van der Waals surface area contributed by atoms with E-state index in [0.29, 0.717) is 17.1 Å². The van der Waals surface area contributed by atoms with E-state index in [4.69, 9.17) is 9.47 Å². The van der Waals surface area contributed by atoms with Crippen molar-refractivity contribution in [3.63, 3.8) is 0 Å². The maximum atomic E-state index is 10.7. The second-order valence-corrected chi connectivity index (χ2v) is 4.87. The third-order valence-electron chi connectivity index (χ3n) is 2.09. The van der Waals surface area contributed by atoms with E-state index in [1.54, 1.807) is 25.3 Å². The van der Waals surface area contributed by atoms with Crippen molar-refractivity contribution in [2.75, 3.05) is 13.7 Å². The lowest BCUT2D eigenvalue weighted by Crippen LogP contribution is -2.02. The minimum atomic E-state index is -0.0436. The summed E-state index contributed by atoms with van der Waals surface area (Å²) in [5.74, 6) is 7.15. The van der Waals surface area contributed by atoms with Gasteiger partial charge in [-0.1, -0.05) is 11.8 Å². The number of benzene rings is 1. The van der Waals surface area contributed by atoms with E-state index >= 15 is 0 Å². The van der Waals surface area contributed by atoms with Crippen LogP contribution >= 0.6 is 0 Å². The van der Waals surface area contributed by atoms with Crippen LogP contribution in [0.15, 0.2) is 18.2 Å². The molecule has 96 valence electrons. The Morgan fingerprint density at radius 2 is 2.00 bits per heavy atom. The van der Waals surface area contributed by atoms with Gasteiger partial charge in [0.15, 0.2) is 11.5 Å². The molecule has 1 rings (SSSR count). The van der Waals surface area contributed by atoms with Crippen LogP contribution in [0.4, 0.5) is 0 Å². The van der Waals surface area contributed by atoms with Crippen molar-refractivity contribution in [2.45, 2.75) is 20.8 Å². The van der Waals surface area contributed by atoms with Crippen molar-refractivity contribution in [2.24, 2.45) is 5.41 Å². The van der Waals surface area contributed by atoms with E-state index in [2.05, 4.69) is 11.8 Å². The molecule has 3 heteroatoms. The summed E-state index contributed by atoms with van der Waals surface area (Å²) in [5.41, 5.74) is 0.507. The molecule has 18 heavy (non-hydrogen) atoms. The Labute approximate surface area is 108 Å². The third-order valence-corrected chi connectivity index (χ3v) is 2.09. The fraction of sp³-hybridized carbons (Fsp3) is 0.400. The van der Waals surface area contributed by atoms with E-state index in [1.807, 2.05) is 20.8 Å². The summed E-state index contributed by atoms with van der Waals surface area (Å²) >= 11 is 0. The van der Waals surface area contributed by atoms with Gasteiger partial charge in [0.1, 0.15) is 12.9 Å². The fourth-order valence-electron chi connectivity index (χ4n) is 1.29. The average molecular weight is 246 g/mol. The van der Waals surface area contributed by atoms with Crippen LogP contribution in [0, 0.1) is 17.3 Å². The molecule has 0 aliphatic heterocycles. The molecule has 0 radical (unpaired) electrons. The molecule has 0 heterocycles. The smallest absolute Gasteiger partial charge is 0.163 e. The van der Waals surface area contributed by atoms with Crippen molar-refractivity contribution in [3.8, 4) is 23.3 Å². The molecule has 0 atom stereocenters. The molecular weight excluding hydrogens is 228 g/mol. The van der Waals surface area contributed by atoms with Crippen LogP contribution in [0.5, 0.6) is 11.5 Å². The van der Waals surface area contributed by atoms with Gasteiger partial charge < -0.3 is 9.47 Å². The first-order valence-corrected chi connectivity index (χ1v) is 5.72. The van der Waals surface area contributed by atoms with E-state index < -0.39 is 0 Å². The number of hydrogen-bond acceptors (Lipinski definition) is 3. The van der Waals surface area contributed by atoms with Gasteiger partial charge in [-0.2, -0.15) is 0 Å². The number of carbonyl (C=O) groups excluding carboxylic acids is 1. The van der Waals surface area contributed by atoms with Crippen molar-refractivity contribution in [1.82, 2.24) is 0 Å². The monoisotopic (exact) mass is 246 g/mol. The summed E-state index contributed by atoms with van der Waals surface area (Å²) < 4.78 is 10.7. The Morgan fingerprint density at radius 1 is 1.28 bits per heavy atom. The number of methoxy groups -OCH3 is 1. The van der Waals surface area contributed by atoms with E-state index in [0.717, 1.165) is 6.29 Å². The number of carbonyl (C=O) groups is 1. The minimum Gasteiger partial charge on any atom is -0.493 e. The van der Waals surface area contributed by atoms with Crippen LogP contribution in [0.3, 0.4) is 0 Å². The van der Waals surface area contributed by atoms with Gasteiger partial charge in [0.2, 0.25) is 0 Å². The Kier molecular flexibility index (Phi) is 4.79. The molecule has 1 aromatic rings. The number of rotatable bonds is 4. The lowest BCUT2D eigenvalue weighted by atomic mass is 9.98. The number of hydrogen-bond donors (Lipinski definition) is 0. The number of ether oxygens (including phenoxy) is 2. The summed E-state index contributed by atoms with van der Waals surface area (Å²) in [7, 11) is 1.56. The molecule has 1 aromatic carbocycles. The maximum Gasteiger partial charge on any atom is 0.163 e. The van der Waals surface area contributed by atoms with Gasteiger partial charge in [-0.25, -0.2) is 0 Å². The van der Waals surface area contributed by atoms with Gasteiger partial charge >= 0.3 is 0 Å². The van der Waals surface area contributed by atoms with Crippen LogP contribution in [0.2, 0.25) is 0 Å². The second kappa shape index (κ2) is 6.11. The summed E-state index contributed by atoms with van der Waals surface area (Å²) in [6.45, 7) is 6.38. The largest absolute Gasteiger partial charge is 0.493 e. The van der Waals surface area contributed by atoms with Crippen molar-refractivity contribution in [1.29, 1.82) is 0 Å². The first-order chi connectivity index (χ1) is 8.46. The average Bonchev–Trinajstić information content (AvgIpc) is 2.33. The third kappa shape index (κ3) is 4.50. The molecule has 0 fully saturated rings. The fourth-order valence-corrected chi connectivity index (χ4v) is 1.29. The topological polar surface area (TPSA) is 35.5 Å². The minimum absolute atomic E-state index is 0.0436. The van der Waals surface area contributed by atoms with Crippen molar-refractivity contribution >= 4 is 6.29 Å². The first kappa shape index (κ1) is 14.1. The predicted octanol–water partition coefficient (Wildman–Crippen LogP) is 2.94. The molecule has 0 aliphatic rings. The second-order valence-electron chi connectivity index (χ2n) is 4.87. The Bertz CT molecular complexity index is 473. The predicted molar refractivity (Wildman–Crippen MR) is 71.1 cm³/mol. The zero-order chi connectivity index (χ0) is 13.6. The SMILES string of the molecule is COc1ccc(C=O)cc1OCC#CC(C)(C)C. The van der Waals surface area contributed by atoms with Gasteiger partial charge in [0.25, 0.3) is 0 Å². The zero-order valence-corrected chi connectivity index (χ0v) is 11.2. The van der Waals surface area contributed by atoms with E-state index in [9.17, 15) is 4.79 Å². The summed E-state index contributed by atoms with van der Waals surface area (Å²) in [5, 5.41) is 0. The molecule has 0 amide bonds. The van der Waals surface area contributed by atoms with Crippen LogP contribution in [0.25, 0.3) is 0 Å². The van der Waals surface area contributed by atoms with Gasteiger partial charge in [0, 0.05) is 11.0 Å². The van der Waals surface area contributed by atoms with Gasteiger partial charge in [-0.3, -0.25) is 4.79 Å². The highest BCUT2D eigenvalue weighted by Gasteiger charge is 2.06. The summed E-state index contributed by atoms with van der Waals surface area (Å²) in [6, 6.07) is 5.03. The Morgan fingerprint density at radius 3 is 2.56 bits per heavy atom. The molecule has 0 aliphatic carbocycles. The molecule has 0 unspecified atom stereocenters. The standard InChI is InChI=1S/C15H18O3/c1-15(2,3)8-5-9-18-14-10-12(11-16)6-7-13(14)17-4/h6-7,10-11H,9H2,1-4H3. The van der Waals surface area contributed by atoms with Crippen molar-refractivity contribution in [3.05, 3.63) is 23.8 Å². The Balaban J connectivity index is 2.76. The van der Waals surface area contributed by atoms with Crippen LogP contribution in [0.1, 0.15) is 31.1 Å². The highest BCUT2D eigenvalue weighted by atomic mass is 16.5. The zero-order valence-electron chi connectivity index (χ0n) is 11.2. The molecule has 0 N–H and O–H groups in total. The lowest BCUT2D eigenvalue weighted by molar-refractivity contribution is 0.112. The van der Waals surface area contributed by atoms with Crippen LogP contribution in [-0.2, 0) is 0 Å². The molecule has 0 aromatic heterocycles. The van der Waals surface area contributed by atoms with E-state index in [1.165, 1.54) is 0 Å². The molecule has 0 saturated carbocycles. The van der Waals surface area contributed by atoms with Gasteiger partial charge in [-0.05, 0) is 39.0 Å². The van der Waals surface area contributed by atoms with Crippen LogP contribution < -0.4 is 9.47 Å². The van der Waals surface area contributed by atoms with Gasteiger partial charge in [-0.15, -0.1) is 0 Å². The molecular formula is C15H18O3. The Hall–Kier alpha value is -1.95. The van der Waals surface area contributed by atoms with E-state index in [-0.39, 0.29) is 12.0 Å². The number of aldehydes is 1. The van der Waals surface area contributed by atoms with Gasteiger partial charge in [0.05, 0.1) is 7.11 Å². The highest BCUT2D eigenvalue weighted by Crippen LogP contribution is 2.27. The summed E-state index contributed by atoms with van der Waals surface area (Å²) in [4.78, 5) is 10.7. The van der Waals surface area contributed by atoms with Crippen LogP contribution in [-0.4, -0.2) is 20.0 Å². The normalized spacial score (nSPS) is 10.2. The molecule has 0 bridgehead atoms. The molecule has 0 spiro atoms. The molecule has 0 saturated heterocycles.